The third kappa shape index (κ3) is 2.89. The maximum Gasteiger partial charge on any atom is 0.407 e. The average Bonchev–Trinajstić information content (AvgIpc) is 2.41. The highest BCUT2D eigenvalue weighted by Crippen LogP contribution is 2.41. The van der Waals surface area contributed by atoms with E-state index in [-0.39, 0.29) is 30.2 Å². The van der Waals surface area contributed by atoms with Gasteiger partial charge in [0, 0.05) is 6.54 Å². The number of hydrogen-bond donors (Lipinski definition) is 2. The van der Waals surface area contributed by atoms with Gasteiger partial charge < -0.3 is 20.5 Å². The molecule has 1 amide bonds. The van der Waals surface area contributed by atoms with E-state index in [2.05, 4.69) is 0 Å². The fourth-order valence-corrected chi connectivity index (χ4v) is 2.29. The maximum atomic E-state index is 12.7. The highest BCUT2D eigenvalue weighted by Gasteiger charge is 2.42. The van der Waals surface area contributed by atoms with Crippen LogP contribution in [0.25, 0.3) is 0 Å². The molecule has 0 spiro atoms. The Bertz CT molecular complexity index is 587. The van der Waals surface area contributed by atoms with Crippen molar-refractivity contribution in [2.75, 3.05) is 18.1 Å². The van der Waals surface area contributed by atoms with Crippen LogP contribution in [-0.2, 0) is 4.79 Å². The van der Waals surface area contributed by atoms with Crippen LogP contribution in [0.5, 0.6) is 5.75 Å². The molecule has 2 rings (SSSR count). The number of carbonyl (C=O) groups excluding carboxylic acids is 1. The number of amides is 1. The minimum absolute atomic E-state index is 0.0384. The minimum Gasteiger partial charge on any atom is -0.476 e. The lowest BCUT2D eigenvalue weighted by Gasteiger charge is -2.39. The number of aliphatic hydroxyl groups is 1. The molecular formula is C14H17F3N2O3. The largest absolute Gasteiger partial charge is 0.476 e. The van der Waals surface area contributed by atoms with Gasteiger partial charge in [0.15, 0.2) is 5.60 Å². The van der Waals surface area contributed by atoms with Crippen molar-refractivity contribution < 1.29 is 27.8 Å². The molecular weight excluding hydrogens is 301 g/mol. The Labute approximate surface area is 125 Å². The zero-order valence-corrected chi connectivity index (χ0v) is 12.1. The number of ether oxygens (including phenoxy) is 1. The Balaban J connectivity index is 2.49. The molecule has 0 saturated carbocycles. The quantitative estimate of drug-likeness (QED) is 0.890. The number of hydrogen-bond acceptors (Lipinski definition) is 4. The van der Waals surface area contributed by atoms with E-state index in [1.54, 1.807) is 13.8 Å². The summed E-state index contributed by atoms with van der Waals surface area (Å²) in [5, 5.41) is 9.10. The molecule has 0 aliphatic carbocycles. The Kier molecular flexibility index (Phi) is 4.09. The number of benzene rings is 1. The van der Waals surface area contributed by atoms with Crippen LogP contribution in [0.3, 0.4) is 0 Å². The van der Waals surface area contributed by atoms with E-state index >= 15 is 0 Å². The molecule has 3 N–H and O–H groups in total. The SMILES string of the molecule is CC1(C)Oc2ccc(C(N)C(F)(F)F)cc2N(CCO)C1=O. The lowest BCUT2D eigenvalue weighted by atomic mass is 10.0. The van der Waals surface area contributed by atoms with Crippen LogP contribution in [0.2, 0.25) is 0 Å². The van der Waals surface area contributed by atoms with Crippen molar-refractivity contribution in [3.63, 3.8) is 0 Å². The molecule has 0 bridgehead atoms. The first-order chi connectivity index (χ1) is 10.1. The van der Waals surface area contributed by atoms with Crippen molar-refractivity contribution in [2.24, 2.45) is 5.73 Å². The summed E-state index contributed by atoms with van der Waals surface area (Å²) in [5.74, 6) is -0.164. The van der Waals surface area contributed by atoms with Crippen molar-refractivity contribution in [3.05, 3.63) is 23.8 Å². The molecule has 0 aromatic heterocycles. The Hall–Kier alpha value is -1.80. The first kappa shape index (κ1) is 16.6. The second kappa shape index (κ2) is 5.44. The summed E-state index contributed by atoms with van der Waals surface area (Å²) < 4.78 is 43.7. The standard InChI is InChI=1S/C14H17F3N2O3/c1-13(2)12(21)19(5-6-20)9-7-8(3-4-10(9)22-13)11(18)14(15,16)17/h3-4,7,11,20H,5-6,18H2,1-2H3. The van der Waals surface area contributed by atoms with Gasteiger partial charge in [-0.05, 0) is 31.5 Å². The van der Waals surface area contributed by atoms with E-state index in [1.807, 2.05) is 0 Å². The normalized spacial score (nSPS) is 18.7. The molecule has 1 heterocycles. The summed E-state index contributed by atoms with van der Waals surface area (Å²) in [4.78, 5) is 13.5. The fraction of sp³-hybridized carbons (Fsp3) is 0.500. The Morgan fingerprint density at radius 3 is 2.59 bits per heavy atom. The van der Waals surface area contributed by atoms with E-state index in [1.165, 1.54) is 23.1 Å². The highest BCUT2D eigenvalue weighted by atomic mass is 19.4. The molecule has 1 aromatic carbocycles. The number of aliphatic hydroxyl groups excluding tert-OH is 1. The second-order valence-electron chi connectivity index (χ2n) is 5.54. The van der Waals surface area contributed by atoms with Crippen LogP contribution in [0.15, 0.2) is 18.2 Å². The van der Waals surface area contributed by atoms with Crippen LogP contribution in [-0.4, -0.2) is 35.9 Å². The second-order valence-corrected chi connectivity index (χ2v) is 5.54. The van der Waals surface area contributed by atoms with Crippen molar-refractivity contribution in [1.82, 2.24) is 0 Å². The van der Waals surface area contributed by atoms with Gasteiger partial charge in [-0.3, -0.25) is 4.79 Å². The van der Waals surface area contributed by atoms with Crippen LogP contribution in [0.4, 0.5) is 18.9 Å². The molecule has 5 nitrogen and oxygen atoms in total. The van der Waals surface area contributed by atoms with E-state index in [0.717, 1.165) is 0 Å². The number of fused-ring (bicyclic) bond motifs is 1. The third-order valence-corrected chi connectivity index (χ3v) is 3.43. The zero-order chi connectivity index (χ0) is 16.7. The first-order valence-electron chi connectivity index (χ1n) is 6.66. The van der Waals surface area contributed by atoms with Gasteiger partial charge in [0.1, 0.15) is 11.8 Å². The van der Waals surface area contributed by atoms with Gasteiger partial charge in [0.2, 0.25) is 0 Å². The number of carbonyl (C=O) groups is 1. The molecule has 1 aliphatic heterocycles. The predicted molar refractivity (Wildman–Crippen MR) is 73.6 cm³/mol. The summed E-state index contributed by atoms with van der Waals surface area (Å²) >= 11 is 0. The molecule has 8 heteroatoms. The fourth-order valence-electron chi connectivity index (χ4n) is 2.29. The van der Waals surface area contributed by atoms with Crippen molar-refractivity contribution in [1.29, 1.82) is 0 Å². The van der Waals surface area contributed by atoms with Gasteiger partial charge in [-0.25, -0.2) is 0 Å². The lowest BCUT2D eigenvalue weighted by molar-refractivity contribution is -0.149. The summed E-state index contributed by atoms with van der Waals surface area (Å²) in [5.41, 5.74) is 4.04. The predicted octanol–water partition coefficient (Wildman–Crippen LogP) is 1.75. The van der Waals surface area contributed by atoms with E-state index < -0.39 is 23.7 Å². The summed E-state index contributed by atoms with van der Waals surface area (Å²) in [6.45, 7) is 2.75. The van der Waals surface area contributed by atoms with Crippen molar-refractivity contribution in [2.45, 2.75) is 31.7 Å². The van der Waals surface area contributed by atoms with Gasteiger partial charge in [-0.2, -0.15) is 13.2 Å². The number of anilines is 1. The monoisotopic (exact) mass is 318 g/mol. The van der Waals surface area contributed by atoms with Crippen molar-refractivity contribution in [3.8, 4) is 5.75 Å². The van der Waals surface area contributed by atoms with Crippen LogP contribution >= 0.6 is 0 Å². The number of alkyl halides is 3. The molecule has 0 saturated heterocycles. The number of rotatable bonds is 3. The molecule has 1 aliphatic rings. The van der Waals surface area contributed by atoms with Crippen LogP contribution < -0.4 is 15.4 Å². The molecule has 1 atom stereocenters. The molecule has 1 aromatic rings. The number of β-amino-alcohol motifs (C(OH)–C–C–N with tert-alkyl or cyclic N) is 1. The average molecular weight is 318 g/mol. The van der Waals surface area contributed by atoms with E-state index in [0.29, 0.717) is 0 Å². The molecule has 0 radical (unpaired) electrons. The van der Waals surface area contributed by atoms with Gasteiger partial charge in [0.05, 0.1) is 12.3 Å². The van der Waals surface area contributed by atoms with Gasteiger partial charge in [-0.15, -0.1) is 0 Å². The molecule has 22 heavy (non-hydrogen) atoms. The van der Waals surface area contributed by atoms with Gasteiger partial charge in [0.25, 0.3) is 5.91 Å². The summed E-state index contributed by atoms with van der Waals surface area (Å²) in [6, 6.07) is 1.60. The molecule has 1 unspecified atom stereocenters. The van der Waals surface area contributed by atoms with Crippen LogP contribution in [0.1, 0.15) is 25.5 Å². The Morgan fingerprint density at radius 1 is 1.41 bits per heavy atom. The number of nitrogens with two attached hydrogens (primary N) is 1. The minimum atomic E-state index is -4.59. The maximum absolute atomic E-state index is 12.7. The molecule has 0 fully saturated rings. The number of halogens is 3. The smallest absolute Gasteiger partial charge is 0.407 e. The zero-order valence-electron chi connectivity index (χ0n) is 12.1. The van der Waals surface area contributed by atoms with Gasteiger partial charge in [-0.1, -0.05) is 6.07 Å². The molecule has 122 valence electrons. The summed E-state index contributed by atoms with van der Waals surface area (Å²) in [7, 11) is 0. The highest BCUT2D eigenvalue weighted by molar-refractivity contribution is 6.02. The van der Waals surface area contributed by atoms with Crippen LogP contribution in [0, 0.1) is 0 Å². The summed E-state index contributed by atoms with van der Waals surface area (Å²) in [6.07, 6.45) is -4.59. The van der Waals surface area contributed by atoms with Gasteiger partial charge >= 0.3 is 6.18 Å². The third-order valence-electron chi connectivity index (χ3n) is 3.43. The topological polar surface area (TPSA) is 75.8 Å². The number of nitrogens with zero attached hydrogens (tertiary/aromatic N) is 1. The van der Waals surface area contributed by atoms with E-state index in [4.69, 9.17) is 15.6 Å². The first-order valence-corrected chi connectivity index (χ1v) is 6.66. The Morgan fingerprint density at radius 2 is 2.05 bits per heavy atom. The lowest BCUT2D eigenvalue weighted by Crippen LogP contribution is -2.53. The van der Waals surface area contributed by atoms with E-state index in [9.17, 15) is 18.0 Å². The van der Waals surface area contributed by atoms with Crippen molar-refractivity contribution >= 4 is 11.6 Å².